The van der Waals surface area contributed by atoms with E-state index in [1.807, 2.05) is 12.1 Å². The Morgan fingerprint density at radius 3 is 2.54 bits per heavy atom. The number of anilines is 1. The van der Waals surface area contributed by atoms with Crippen LogP contribution in [0, 0.1) is 5.82 Å². The van der Waals surface area contributed by atoms with Crippen molar-refractivity contribution in [1.82, 2.24) is 10.3 Å². The van der Waals surface area contributed by atoms with Gasteiger partial charge in [0.15, 0.2) is 12.2 Å². The first-order valence-corrected chi connectivity index (χ1v) is 9.53. The number of nitrogens with zero attached hydrogens (tertiary/aromatic N) is 1. The molecule has 4 rings (SSSR count). The molecule has 0 bridgehead atoms. The predicted octanol–water partition coefficient (Wildman–Crippen LogP) is 2.97. The van der Waals surface area contributed by atoms with Crippen LogP contribution in [0.2, 0.25) is 0 Å². The van der Waals surface area contributed by atoms with Crippen LogP contribution in [-0.4, -0.2) is 26.5 Å². The zero-order chi connectivity index (χ0) is 18.1. The Kier molecular flexibility index (Phi) is 4.21. The number of hydrogen-bond donors (Lipinski definition) is 2. The largest absolute Gasteiger partial charge is 0.443 e. The van der Waals surface area contributed by atoms with E-state index in [0.29, 0.717) is 11.6 Å². The third-order valence-electron chi connectivity index (χ3n) is 4.36. The minimum Gasteiger partial charge on any atom is -0.443 e. The predicted molar refractivity (Wildman–Crippen MR) is 94.8 cm³/mol. The molecule has 0 unspecified atom stereocenters. The van der Waals surface area contributed by atoms with Crippen molar-refractivity contribution >= 4 is 15.7 Å². The van der Waals surface area contributed by atoms with Gasteiger partial charge in [0.1, 0.15) is 5.82 Å². The van der Waals surface area contributed by atoms with Crippen LogP contribution in [0.3, 0.4) is 0 Å². The third kappa shape index (κ3) is 3.21. The second-order valence-electron chi connectivity index (χ2n) is 6.09. The van der Waals surface area contributed by atoms with Crippen molar-refractivity contribution in [2.45, 2.75) is 10.8 Å². The fourth-order valence-corrected chi connectivity index (χ4v) is 3.86. The van der Waals surface area contributed by atoms with Crippen LogP contribution in [-0.2, 0) is 10.0 Å². The zero-order valence-electron chi connectivity index (χ0n) is 13.6. The van der Waals surface area contributed by atoms with Gasteiger partial charge in [-0.2, -0.15) is 0 Å². The van der Waals surface area contributed by atoms with Crippen molar-refractivity contribution in [3.63, 3.8) is 0 Å². The third-order valence-corrected chi connectivity index (χ3v) is 5.74. The Hall–Kier alpha value is -2.71. The van der Waals surface area contributed by atoms with Crippen molar-refractivity contribution in [1.29, 1.82) is 0 Å². The first-order chi connectivity index (χ1) is 12.5. The lowest BCUT2D eigenvalue weighted by Gasteiger charge is -2.27. The molecule has 0 spiro atoms. The summed E-state index contributed by atoms with van der Waals surface area (Å²) in [6, 6.07) is 10.8. The van der Waals surface area contributed by atoms with Gasteiger partial charge >= 0.3 is 0 Å². The number of hydrogen-bond acceptors (Lipinski definition) is 5. The smallest absolute Gasteiger partial charge is 0.261 e. The molecular formula is C18H16FN3O3S. The molecule has 2 heterocycles. The Labute approximate surface area is 150 Å². The Morgan fingerprint density at radius 2 is 1.92 bits per heavy atom. The van der Waals surface area contributed by atoms with Crippen molar-refractivity contribution in [3.05, 3.63) is 66.4 Å². The number of rotatable bonds is 5. The number of halogens is 1. The molecule has 26 heavy (non-hydrogen) atoms. The summed E-state index contributed by atoms with van der Waals surface area (Å²) >= 11 is 0. The van der Waals surface area contributed by atoms with Crippen molar-refractivity contribution in [2.75, 3.05) is 17.8 Å². The molecule has 8 heteroatoms. The molecule has 0 radical (unpaired) electrons. The van der Waals surface area contributed by atoms with Crippen molar-refractivity contribution in [3.8, 4) is 11.3 Å². The summed E-state index contributed by atoms with van der Waals surface area (Å²) in [6.45, 7) is 1.87. The highest BCUT2D eigenvalue weighted by Gasteiger charge is 2.20. The Morgan fingerprint density at radius 1 is 1.15 bits per heavy atom. The maximum Gasteiger partial charge on any atom is 0.261 e. The maximum absolute atomic E-state index is 14.0. The van der Waals surface area contributed by atoms with E-state index in [1.165, 1.54) is 23.9 Å². The highest BCUT2D eigenvalue weighted by molar-refractivity contribution is 7.92. The molecule has 1 saturated heterocycles. The number of oxazole rings is 1. The standard InChI is InChI=1S/C18H16FN3O3S/c19-17-6-5-15(7-16(17)18-10-21-11-25-18)26(23,24)22-14-3-1-12(2-4-14)13-8-20-9-13/h1-7,10-11,13,20,22H,8-9H2. The summed E-state index contributed by atoms with van der Waals surface area (Å²) in [5.41, 5.74) is 1.66. The molecule has 2 aromatic carbocycles. The van der Waals surface area contributed by atoms with Gasteiger partial charge in [0.2, 0.25) is 0 Å². The number of aromatic nitrogens is 1. The minimum absolute atomic E-state index is 0.0400. The van der Waals surface area contributed by atoms with E-state index >= 15 is 0 Å². The molecule has 1 aromatic heterocycles. The molecule has 1 aliphatic heterocycles. The maximum atomic E-state index is 14.0. The second kappa shape index (κ2) is 6.54. The highest BCUT2D eigenvalue weighted by Crippen LogP contribution is 2.27. The average Bonchev–Trinajstić information content (AvgIpc) is 3.09. The topological polar surface area (TPSA) is 84.2 Å². The van der Waals surface area contributed by atoms with Gasteiger partial charge < -0.3 is 9.73 Å². The number of nitrogens with one attached hydrogen (secondary N) is 2. The van der Waals surface area contributed by atoms with Gasteiger partial charge in [-0.05, 0) is 35.9 Å². The van der Waals surface area contributed by atoms with E-state index in [9.17, 15) is 12.8 Å². The summed E-state index contributed by atoms with van der Waals surface area (Å²) in [4.78, 5) is 3.67. The first-order valence-electron chi connectivity index (χ1n) is 8.05. The molecule has 1 aliphatic rings. The molecule has 0 aliphatic carbocycles. The summed E-state index contributed by atoms with van der Waals surface area (Å²) in [5, 5.41) is 3.20. The average molecular weight is 373 g/mol. The van der Waals surface area contributed by atoms with Gasteiger partial charge in [-0.25, -0.2) is 17.8 Å². The lowest BCUT2D eigenvalue weighted by Crippen LogP contribution is -2.39. The van der Waals surface area contributed by atoms with Crippen LogP contribution in [0.5, 0.6) is 0 Å². The molecule has 1 fully saturated rings. The monoisotopic (exact) mass is 373 g/mol. The molecule has 3 aromatic rings. The lowest BCUT2D eigenvalue weighted by molar-refractivity contribution is 0.448. The summed E-state index contributed by atoms with van der Waals surface area (Å²) in [6.07, 6.45) is 2.49. The number of benzene rings is 2. The molecule has 0 atom stereocenters. The van der Waals surface area contributed by atoms with Crippen LogP contribution in [0.4, 0.5) is 10.1 Å². The molecular weight excluding hydrogens is 357 g/mol. The van der Waals surface area contributed by atoms with E-state index < -0.39 is 15.8 Å². The minimum atomic E-state index is -3.86. The van der Waals surface area contributed by atoms with E-state index in [-0.39, 0.29) is 16.2 Å². The van der Waals surface area contributed by atoms with Crippen LogP contribution in [0.15, 0.2) is 64.4 Å². The molecule has 0 saturated carbocycles. The fourth-order valence-electron chi connectivity index (χ4n) is 2.77. The molecule has 134 valence electrons. The van der Waals surface area contributed by atoms with Gasteiger partial charge in [-0.3, -0.25) is 4.72 Å². The number of sulfonamides is 1. The lowest BCUT2D eigenvalue weighted by atomic mass is 9.94. The van der Waals surface area contributed by atoms with Crippen molar-refractivity contribution < 1.29 is 17.2 Å². The van der Waals surface area contributed by atoms with Gasteiger partial charge in [0, 0.05) is 24.7 Å². The zero-order valence-corrected chi connectivity index (χ0v) is 14.5. The Bertz CT molecular complexity index is 1010. The van der Waals surface area contributed by atoms with Gasteiger partial charge in [-0.1, -0.05) is 12.1 Å². The van der Waals surface area contributed by atoms with E-state index in [2.05, 4.69) is 15.0 Å². The summed E-state index contributed by atoms with van der Waals surface area (Å²) in [7, 11) is -3.86. The van der Waals surface area contributed by atoms with E-state index in [1.54, 1.807) is 12.1 Å². The highest BCUT2D eigenvalue weighted by atomic mass is 32.2. The van der Waals surface area contributed by atoms with E-state index in [4.69, 9.17) is 4.42 Å². The van der Waals surface area contributed by atoms with Crippen LogP contribution >= 0.6 is 0 Å². The van der Waals surface area contributed by atoms with E-state index in [0.717, 1.165) is 25.5 Å². The summed E-state index contributed by atoms with van der Waals surface area (Å²) < 4.78 is 46.8. The van der Waals surface area contributed by atoms with Gasteiger partial charge in [0.25, 0.3) is 10.0 Å². The first kappa shape index (κ1) is 16.7. The Balaban J connectivity index is 1.59. The van der Waals surface area contributed by atoms with Gasteiger partial charge in [-0.15, -0.1) is 0 Å². The quantitative estimate of drug-likeness (QED) is 0.718. The molecule has 0 amide bonds. The van der Waals surface area contributed by atoms with Crippen LogP contribution < -0.4 is 10.0 Å². The van der Waals surface area contributed by atoms with Gasteiger partial charge in [0.05, 0.1) is 16.7 Å². The molecule has 6 nitrogen and oxygen atoms in total. The SMILES string of the molecule is O=S(=O)(Nc1ccc(C2CNC2)cc1)c1ccc(F)c(-c2cnco2)c1. The van der Waals surface area contributed by atoms with Crippen LogP contribution in [0.25, 0.3) is 11.3 Å². The second-order valence-corrected chi connectivity index (χ2v) is 7.77. The normalized spacial score (nSPS) is 14.8. The molecule has 2 N–H and O–H groups in total. The van der Waals surface area contributed by atoms with Crippen molar-refractivity contribution in [2.24, 2.45) is 0 Å². The fraction of sp³-hybridized carbons (Fsp3) is 0.167. The summed E-state index contributed by atoms with van der Waals surface area (Å²) in [5.74, 6) is 0.0550. The van der Waals surface area contributed by atoms with Crippen LogP contribution in [0.1, 0.15) is 11.5 Å².